The van der Waals surface area contributed by atoms with E-state index in [0.717, 1.165) is 12.1 Å². The molecule has 0 unspecified atom stereocenters. The van der Waals surface area contributed by atoms with Crippen molar-refractivity contribution < 1.29 is 9.32 Å². The minimum atomic E-state index is 0.176. The number of rotatable bonds is 12. The Labute approximate surface area is 135 Å². The Morgan fingerprint density at radius 3 is 2.18 bits per heavy atom. The number of allylic oxidation sites excluding steroid dienone is 2. The number of hydrogen-bond donors (Lipinski definition) is 0. The summed E-state index contributed by atoms with van der Waals surface area (Å²) in [6.45, 7) is 9.11. The zero-order valence-electron chi connectivity index (χ0n) is 14.1. The number of Topliss-reactive ketones (excluding diaryl/α,β-unsaturated/α-hetero) is 1. The largest absolute Gasteiger partial charge is 0.365 e. The van der Waals surface area contributed by atoms with Gasteiger partial charge in [0, 0.05) is 18.9 Å². The molecule has 0 fully saturated rings. The van der Waals surface area contributed by atoms with Crippen LogP contribution < -0.4 is 0 Å². The lowest BCUT2D eigenvalue weighted by Crippen LogP contribution is -1.90. The second-order valence-electron chi connectivity index (χ2n) is 5.39. The van der Waals surface area contributed by atoms with Crippen LogP contribution in [0.1, 0.15) is 70.4 Å². The highest BCUT2D eigenvalue weighted by molar-refractivity contribution is 5.80. The third-order valence-corrected chi connectivity index (χ3v) is 3.27. The van der Waals surface area contributed by atoms with Gasteiger partial charge in [-0.25, -0.2) is 0 Å². The minimum absolute atomic E-state index is 0.176. The van der Waals surface area contributed by atoms with E-state index in [1.807, 2.05) is 6.07 Å². The van der Waals surface area contributed by atoms with E-state index >= 15 is 0 Å². The van der Waals surface area contributed by atoms with Crippen LogP contribution >= 0.6 is 0 Å². The number of carbonyl (C=O) groups excluding carboxylic acids is 1. The molecule has 0 amide bonds. The summed E-state index contributed by atoms with van der Waals surface area (Å²) in [6, 6.07) is 1.96. The highest BCUT2D eigenvalue weighted by Gasteiger charge is 1.96. The SMILES string of the molecule is C=CCC(=O)CC=C.CCCCCCCCCc1ccon1. The van der Waals surface area contributed by atoms with E-state index in [1.165, 1.54) is 44.9 Å². The van der Waals surface area contributed by atoms with Gasteiger partial charge in [0.15, 0.2) is 0 Å². The van der Waals surface area contributed by atoms with Crippen molar-refractivity contribution in [2.24, 2.45) is 0 Å². The van der Waals surface area contributed by atoms with Crippen molar-refractivity contribution in [2.75, 3.05) is 0 Å². The first kappa shape index (κ1) is 20.4. The molecule has 3 nitrogen and oxygen atoms in total. The summed E-state index contributed by atoms with van der Waals surface area (Å²) in [6.07, 6.45) is 16.3. The molecular weight excluding hydrogens is 274 g/mol. The van der Waals surface area contributed by atoms with Gasteiger partial charge in [0.25, 0.3) is 0 Å². The minimum Gasteiger partial charge on any atom is -0.365 e. The topological polar surface area (TPSA) is 43.1 Å². The van der Waals surface area contributed by atoms with E-state index in [0.29, 0.717) is 12.8 Å². The third kappa shape index (κ3) is 13.3. The summed E-state index contributed by atoms with van der Waals surface area (Å²) < 4.78 is 4.77. The molecule has 0 radical (unpaired) electrons. The lowest BCUT2D eigenvalue weighted by atomic mass is 10.1. The summed E-state index contributed by atoms with van der Waals surface area (Å²) >= 11 is 0. The van der Waals surface area contributed by atoms with E-state index in [4.69, 9.17) is 4.52 Å². The van der Waals surface area contributed by atoms with Crippen LogP contribution in [0.4, 0.5) is 0 Å². The Morgan fingerprint density at radius 2 is 1.68 bits per heavy atom. The van der Waals surface area contributed by atoms with Crippen molar-refractivity contribution in [3.8, 4) is 0 Å². The number of hydrogen-bond acceptors (Lipinski definition) is 3. The van der Waals surface area contributed by atoms with Gasteiger partial charge < -0.3 is 4.52 Å². The van der Waals surface area contributed by atoms with Crippen molar-refractivity contribution in [3.63, 3.8) is 0 Å². The maximum Gasteiger partial charge on any atom is 0.140 e. The van der Waals surface area contributed by atoms with Gasteiger partial charge in [0.1, 0.15) is 12.0 Å². The molecule has 0 bridgehead atoms. The van der Waals surface area contributed by atoms with Gasteiger partial charge in [0.2, 0.25) is 0 Å². The van der Waals surface area contributed by atoms with E-state index in [-0.39, 0.29) is 5.78 Å². The van der Waals surface area contributed by atoms with Gasteiger partial charge in [-0.05, 0) is 12.8 Å². The number of unbranched alkanes of at least 4 members (excludes halogenated alkanes) is 6. The molecule has 22 heavy (non-hydrogen) atoms. The fourth-order valence-electron chi connectivity index (χ4n) is 2.04. The van der Waals surface area contributed by atoms with Crippen molar-refractivity contribution >= 4 is 5.78 Å². The predicted octanol–water partition coefficient (Wildman–Crippen LogP) is 5.68. The standard InChI is InChI=1S/C12H21NO.C7H10O/c1-2-3-4-5-6-7-8-9-12-10-11-14-13-12;1-3-5-7(8)6-4-2/h10-11H,2-9H2,1H3;3-4H,1-2,5-6H2. The Bertz CT molecular complexity index is 370. The van der Waals surface area contributed by atoms with Gasteiger partial charge in [0.05, 0.1) is 5.69 Å². The van der Waals surface area contributed by atoms with Crippen LogP contribution in [0.15, 0.2) is 42.2 Å². The number of carbonyl (C=O) groups is 1. The molecule has 1 rings (SSSR count). The molecule has 0 N–H and O–H groups in total. The molecule has 0 saturated carbocycles. The maximum absolute atomic E-state index is 10.5. The molecule has 0 aromatic carbocycles. The molecule has 0 atom stereocenters. The molecule has 1 aromatic rings. The van der Waals surface area contributed by atoms with Gasteiger partial charge in [-0.2, -0.15) is 0 Å². The first-order valence-electron chi connectivity index (χ1n) is 8.37. The number of aryl methyl sites for hydroxylation is 1. The lowest BCUT2D eigenvalue weighted by Gasteiger charge is -1.99. The molecule has 0 aliphatic carbocycles. The quantitative estimate of drug-likeness (QED) is 0.369. The summed E-state index contributed by atoms with van der Waals surface area (Å²) in [7, 11) is 0. The zero-order chi connectivity index (χ0) is 16.5. The second kappa shape index (κ2) is 15.7. The highest BCUT2D eigenvalue weighted by atomic mass is 16.5. The van der Waals surface area contributed by atoms with Crippen LogP contribution in [0.5, 0.6) is 0 Å². The number of nitrogens with zero attached hydrogens (tertiary/aromatic N) is 1. The molecule has 3 heteroatoms. The predicted molar refractivity (Wildman–Crippen MR) is 92.8 cm³/mol. The number of aromatic nitrogens is 1. The monoisotopic (exact) mass is 305 g/mol. The molecule has 1 heterocycles. The maximum atomic E-state index is 10.5. The molecule has 0 aliphatic rings. The average molecular weight is 305 g/mol. The fourth-order valence-corrected chi connectivity index (χ4v) is 2.04. The van der Waals surface area contributed by atoms with Crippen LogP contribution in [0.2, 0.25) is 0 Å². The van der Waals surface area contributed by atoms with Crippen molar-refractivity contribution in [1.82, 2.24) is 5.16 Å². The molecule has 0 aliphatic heterocycles. The normalized spacial score (nSPS) is 9.68. The summed E-state index contributed by atoms with van der Waals surface area (Å²) in [5.74, 6) is 0.176. The Balaban J connectivity index is 0.000000472. The molecule has 0 saturated heterocycles. The molecular formula is C19H31NO2. The summed E-state index contributed by atoms with van der Waals surface area (Å²) in [4.78, 5) is 10.5. The van der Waals surface area contributed by atoms with Crippen LogP contribution in [0.25, 0.3) is 0 Å². The van der Waals surface area contributed by atoms with Crippen LogP contribution in [-0.4, -0.2) is 10.9 Å². The first-order chi connectivity index (χ1) is 10.7. The van der Waals surface area contributed by atoms with Crippen molar-refractivity contribution in [1.29, 1.82) is 0 Å². The van der Waals surface area contributed by atoms with Crippen LogP contribution in [0.3, 0.4) is 0 Å². The fraction of sp³-hybridized carbons (Fsp3) is 0.579. The Hall–Kier alpha value is -1.64. The summed E-state index contributed by atoms with van der Waals surface area (Å²) in [5, 5.41) is 3.89. The van der Waals surface area contributed by atoms with E-state index in [9.17, 15) is 4.79 Å². The zero-order valence-corrected chi connectivity index (χ0v) is 14.1. The van der Waals surface area contributed by atoms with Crippen LogP contribution in [-0.2, 0) is 11.2 Å². The third-order valence-electron chi connectivity index (χ3n) is 3.27. The van der Waals surface area contributed by atoms with Gasteiger partial charge >= 0.3 is 0 Å². The first-order valence-corrected chi connectivity index (χ1v) is 8.37. The van der Waals surface area contributed by atoms with Gasteiger partial charge in [-0.1, -0.05) is 62.8 Å². The van der Waals surface area contributed by atoms with E-state index in [1.54, 1.807) is 18.4 Å². The number of ketones is 1. The molecule has 0 spiro atoms. The van der Waals surface area contributed by atoms with E-state index < -0.39 is 0 Å². The smallest absolute Gasteiger partial charge is 0.140 e. The second-order valence-corrected chi connectivity index (χ2v) is 5.39. The summed E-state index contributed by atoms with van der Waals surface area (Å²) in [5.41, 5.74) is 1.10. The Morgan fingerprint density at radius 1 is 1.09 bits per heavy atom. The van der Waals surface area contributed by atoms with Crippen molar-refractivity contribution in [2.45, 2.75) is 71.1 Å². The average Bonchev–Trinajstić information content (AvgIpc) is 3.01. The van der Waals surface area contributed by atoms with Gasteiger partial charge in [-0.15, -0.1) is 13.2 Å². The van der Waals surface area contributed by atoms with Crippen molar-refractivity contribution in [3.05, 3.63) is 43.3 Å². The molecule has 124 valence electrons. The Kier molecular flexibility index (Phi) is 14.6. The van der Waals surface area contributed by atoms with Gasteiger partial charge in [-0.3, -0.25) is 4.79 Å². The molecule has 1 aromatic heterocycles. The lowest BCUT2D eigenvalue weighted by molar-refractivity contribution is -0.117. The van der Waals surface area contributed by atoms with E-state index in [2.05, 4.69) is 25.2 Å². The van der Waals surface area contributed by atoms with Crippen LogP contribution in [0, 0.1) is 0 Å². The highest BCUT2D eigenvalue weighted by Crippen LogP contribution is 2.09.